The molecule has 2 amide bonds. The van der Waals surface area contributed by atoms with Gasteiger partial charge < -0.3 is 15.8 Å². The number of esters is 1. The van der Waals surface area contributed by atoms with Crippen LogP contribution in [0.1, 0.15) is 52.6 Å². The average Bonchev–Trinajstić information content (AvgIpc) is 2.81. The summed E-state index contributed by atoms with van der Waals surface area (Å²) < 4.78 is 5.07. The van der Waals surface area contributed by atoms with Crippen molar-refractivity contribution in [1.82, 2.24) is 0 Å². The first-order chi connectivity index (χ1) is 15.4. The van der Waals surface area contributed by atoms with Gasteiger partial charge in [0.2, 0.25) is 5.91 Å². The van der Waals surface area contributed by atoms with Crippen molar-refractivity contribution in [2.24, 2.45) is 5.73 Å². The number of carbonyl (C=O) groups excluding carboxylic acids is 5. The highest BCUT2D eigenvalue weighted by molar-refractivity contribution is 6.30. The lowest BCUT2D eigenvalue weighted by Gasteiger charge is -2.19. The van der Waals surface area contributed by atoms with Crippen molar-refractivity contribution in [3.63, 3.8) is 0 Å². The van der Waals surface area contributed by atoms with E-state index in [0.29, 0.717) is 5.69 Å². The zero-order chi connectivity index (χ0) is 22.8. The maximum Gasteiger partial charge on any atom is 0.339 e. The molecule has 0 saturated heterocycles. The van der Waals surface area contributed by atoms with Gasteiger partial charge in [-0.05, 0) is 30.3 Å². The molecule has 158 valence electrons. The number of nitrogens with two attached hydrogens (primary N) is 1. The van der Waals surface area contributed by atoms with Crippen molar-refractivity contribution in [3.05, 3.63) is 100 Å². The molecular weight excluding hydrogens is 412 g/mol. The van der Waals surface area contributed by atoms with Gasteiger partial charge in [-0.15, -0.1) is 0 Å². The second-order valence-corrected chi connectivity index (χ2v) is 7.00. The van der Waals surface area contributed by atoms with Crippen LogP contribution in [0.5, 0.6) is 0 Å². The molecule has 8 heteroatoms. The van der Waals surface area contributed by atoms with Crippen LogP contribution in [0.15, 0.2) is 66.7 Å². The summed E-state index contributed by atoms with van der Waals surface area (Å²) in [4.78, 5) is 61.6. The highest BCUT2D eigenvalue weighted by atomic mass is 16.5. The molecule has 3 aromatic carbocycles. The van der Waals surface area contributed by atoms with Gasteiger partial charge in [0.1, 0.15) is 0 Å². The molecule has 0 fully saturated rings. The van der Waals surface area contributed by atoms with Gasteiger partial charge in [0, 0.05) is 33.5 Å². The van der Waals surface area contributed by atoms with Gasteiger partial charge in [-0.1, -0.05) is 36.4 Å². The Labute approximate surface area is 182 Å². The lowest BCUT2D eigenvalue weighted by Crippen LogP contribution is -2.26. The monoisotopic (exact) mass is 428 g/mol. The lowest BCUT2D eigenvalue weighted by molar-refractivity contribution is -0.119. The average molecular weight is 428 g/mol. The summed E-state index contributed by atoms with van der Waals surface area (Å²) in [6, 6.07) is 16.6. The van der Waals surface area contributed by atoms with Crippen molar-refractivity contribution in [3.8, 4) is 0 Å². The zero-order valence-corrected chi connectivity index (χ0v) is 16.6. The molecule has 0 saturated carbocycles. The van der Waals surface area contributed by atoms with E-state index in [1.807, 2.05) is 0 Å². The number of primary amides is 1. The number of anilines is 1. The largest absolute Gasteiger partial charge is 0.452 e. The molecule has 0 aromatic heterocycles. The fourth-order valence-electron chi connectivity index (χ4n) is 3.44. The van der Waals surface area contributed by atoms with E-state index < -0.39 is 30.2 Å². The fourth-order valence-corrected chi connectivity index (χ4v) is 3.44. The number of benzene rings is 3. The first-order valence-corrected chi connectivity index (χ1v) is 9.55. The van der Waals surface area contributed by atoms with Crippen molar-refractivity contribution < 1.29 is 28.7 Å². The van der Waals surface area contributed by atoms with E-state index in [1.165, 1.54) is 48.5 Å². The summed E-state index contributed by atoms with van der Waals surface area (Å²) >= 11 is 0. The second-order valence-electron chi connectivity index (χ2n) is 7.00. The van der Waals surface area contributed by atoms with Crippen LogP contribution in [-0.2, 0) is 9.53 Å². The van der Waals surface area contributed by atoms with E-state index in [-0.39, 0.29) is 39.2 Å². The zero-order valence-electron chi connectivity index (χ0n) is 16.6. The van der Waals surface area contributed by atoms with Crippen LogP contribution in [0.2, 0.25) is 0 Å². The molecule has 0 bridgehead atoms. The van der Waals surface area contributed by atoms with Gasteiger partial charge in [-0.3, -0.25) is 19.2 Å². The minimum atomic E-state index is -0.901. The predicted molar refractivity (Wildman–Crippen MR) is 114 cm³/mol. The first kappa shape index (κ1) is 20.7. The van der Waals surface area contributed by atoms with Gasteiger partial charge in [0.25, 0.3) is 5.91 Å². The molecule has 0 spiro atoms. The summed E-state index contributed by atoms with van der Waals surface area (Å²) in [6.07, 6.45) is 0. The van der Waals surface area contributed by atoms with Crippen LogP contribution in [-0.4, -0.2) is 36.0 Å². The van der Waals surface area contributed by atoms with Gasteiger partial charge in [0.15, 0.2) is 18.2 Å². The molecule has 32 heavy (non-hydrogen) atoms. The fraction of sp³-hybridized carbons (Fsp3) is 0.0417. The molecular formula is C24H16N2O6. The van der Waals surface area contributed by atoms with E-state index in [4.69, 9.17) is 10.5 Å². The molecule has 0 aliphatic heterocycles. The Hall–Kier alpha value is -4.59. The summed E-state index contributed by atoms with van der Waals surface area (Å²) in [5.74, 6) is -2.94. The van der Waals surface area contributed by atoms with Gasteiger partial charge in [-0.2, -0.15) is 0 Å². The first-order valence-electron chi connectivity index (χ1n) is 9.55. The smallest absolute Gasteiger partial charge is 0.339 e. The minimum absolute atomic E-state index is 0.0383. The molecule has 3 N–H and O–H groups in total. The minimum Gasteiger partial charge on any atom is -0.452 e. The Balaban J connectivity index is 1.49. The third-order valence-electron chi connectivity index (χ3n) is 4.96. The normalized spacial score (nSPS) is 11.9. The second kappa shape index (κ2) is 8.27. The van der Waals surface area contributed by atoms with E-state index in [0.717, 1.165) is 0 Å². The summed E-state index contributed by atoms with van der Waals surface area (Å²) in [6.45, 7) is -0.612. The Morgan fingerprint density at radius 1 is 0.781 bits per heavy atom. The number of hydrogen-bond acceptors (Lipinski definition) is 6. The SMILES string of the molecule is NC(=O)c1ccc(NC(=O)COC(=O)c2cccc3c2C(=O)c2ccccc2C3=O)cc1. The maximum atomic E-state index is 13.0. The molecule has 0 radical (unpaired) electrons. The molecule has 0 unspecified atom stereocenters. The van der Waals surface area contributed by atoms with E-state index in [2.05, 4.69) is 5.32 Å². The highest BCUT2D eigenvalue weighted by Gasteiger charge is 2.33. The number of fused-ring (bicyclic) bond motifs is 2. The molecule has 1 aliphatic carbocycles. The van der Waals surface area contributed by atoms with E-state index in [1.54, 1.807) is 18.2 Å². The highest BCUT2D eigenvalue weighted by Crippen LogP contribution is 2.29. The summed E-state index contributed by atoms with van der Waals surface area (Å²) in [5.41, 5.74) is 6.30. The number of rotatable bonds is 5. The number of nitrogens with one attached hydrogen (secondary N) is 1. The van der Waals surface area contributed by atoms with Crippen molar-refractivity contribution in [1.29, 1.82) is 0 Å². The van der Waals surface area contributed by atoms with Crippen LogP contribution in [0.25, 0.3) is 0 Å². The van der Waals surface area contributed by atoms with Gasteiger partial charge in [-0.25, -0.2) is 4.79 Å². The Morgan fingerprint density at radius 2 is 1.41 bits per heavy atom. The molecule has 1 aliphatic rings. The summed E-state index contributed by atoms with van der Waals surface area (Å²) in [5, 5.41) is 2.52. The summed E-state index contributed by atoms with van der Waals surface area (Å²) in [7, 11) is 0. The Morgan fingerprint density at radius 3 is 2.06 bits per heavy atom. The van der Waals surface area contributed by atoms with Crippen molar-refractivity contribution in [2.45, 2.75) is 0 Å². The molecule has 0 atom stereocenters. The quantitative estimate of drug-likeness (QED) is 0.469. The van der Waals surface area contributed by atoms with Crippen LogP contribution in [0.4, 0.5) is 5.69 Å². The maximum absolute atomic E-state index is 13.0. The van der Waals surface area contributed by atoms with Crippen LogP contribution in [0.3, 0.4) is 0 Å². The number of carbonyl (C=O) groups is 5. The number of hydrogen-bond donors (Lipinski definition) is 2. The van der Waals surface area contributed by atoms with Gasteiger partial charge >= 0.3 is 5.97 Å². The Kier molecular flexibility index (Phi) is 5.34. The van der Waals surface area contributed by atoms with Crippen LogP contribution in [0, 0.1) is 0 Å². The number of amides is 2. The van der Waals surface area contributed by atoms with Crippen LogP contribution >= 0.6 is 0 Å². The van der Waals surface area contributed by atoms with E-state index >= 15 is 0 Å². The van der Waals surface area contributed by atoms with Crippen LogP contribution < -0.4 is 11.1 Å². The molecule has 3 aromatic rings. The van der Waals surface area contributed by atoms with E-state index in [9.17, 15) is 24.0 Å². The Bertz CT molecular complexity index is 1290. The van der Waals surface area contributed by atoms with Crippen molar-refractivity contribution >= 4 is 35.0 Å². The topological polar surface area (TPSA) is 133 Å². The standard InChI is InChI=1S/C24H16N2O6/c25-23(30)13-8-10-14(11-9-13)26-19(27)12-32-24(31)18-7-3-6-17-20(18)22(29)16-5-2-1-4-15(16)21(17)28/h1-11H,12H2,(H2,25,30)(H,26,27). The molecule has 4 rings (SSSR count). The third-order valence-corrected chi connectivity index (χ3v) is 4.96. The number of ether oxygens (including phenoxy) is 1. The lowest BCUT2D eigenvalue weighted by atomic mass is 9.82. The third kappa shape index (κ3) is 3.77. The molecule has 0 heterocycles. The number of ketones is 2. The molecule has 8 nitrogen and oxygen atoms in total. The predicted octanol–water partition coefficient (Wildman–Crippen LogP) is 2.36. The van der Waals surface area contributed by atoms with Crippen molar-refractivity contribution in [2.75, 3.05) is 11.9 Å². The van der Waals surface area contributed by atoms with Gasteiger partial charge in [0.05, 0.1) is 5.56 Å².